The lowest BCUT2D eigenvalue weighted by Gasteiger charge is -2.01. The molecule has 0 aliphatic heterocycles. The molecule has 4 nitrogen and oxygen atoms in total. The lowest BCUT2D eigenvalue weighted by atomic mass is 10.2. The number of halogens is 1. The van der Waals surface area contributed by atoms with Crippen LogP contribution < -0.4 is 5.32 Å². The smallest absolute Gasteiger partial charge is 0.0965 e. The Morgan fingerprint density at radius 2 is 2.28 bits per heavy atom. The van der Waals surface area contributed by atoms with Gasteiger partial charge in [0.1, 0.15) is 0 Å². The van der Waals surface area contributed by atoms with Crippen molar-refractivity contribution in [2.24, 2.45) is 0 Å². The summed E-state index contributed by atoms with van der Waals surface area (Å²) in [6, 6.07) is 8.96. The molecule has 3 rings (SSSR count). The summed E-state index contributed by atoms with van der Waals surface area (Å²) in [5, 5.41) is 11.8. The van der Waals surface area contributed by atoms with Crippen LogP contribution in [0.1, 0.15) is 24.1 Å². The summed E-state index contributed by atoms with van der Waals surface area (Å²) in [6.07, 6.45) is 4.61. The molecule has 18 heavy (non-hydrogen) atoms. The minimum atomic E-state index is 0.709. The molecule has 1 N–H and O–H groups in total. The fourth-order valence-corrected chi connectivity index (χ4v) is 2.30. The third kappa shape index (κ3) is 3.17. The molecule has 5 heteroatoms. The van der Waals surface area contributed by atoms with Gasteiger partial charge in [0.25, 0.3) is 0 Å². The minimum absolute atomic E-state index is 0.709. The highest BCUT2D eigenvalue weighted by atomic mass is 79.9. The van der Waals surface area contributed by atoms with Gasteiger partial charge >= 0.3 is 0 Å². The van der Waals surface area contributed by atoms with Crippen LogP contribution in [0.15, 0.2) is 34.9 Å². The van der Waals surface area contributed by atoms with Crippen LogP contribution in [0.25, 0.3) is 0 Å². The van der Waals surface area contributed by atoms with Crippen LogP contribution in [0.2, 0.25) is 0 Å². The van der Waals surface area contributed by atoms with Crippen LogP contribution in [-0.2, 0) is 13.1 Å². The molecule has 0 spiro atoms. The number of rotatable bonds is 5. The number of nitrogens with one attached hydrogen (secondary N) is 1. The fourth-order valence-electron chi connectivity index (χ4n) is 1.86. The molecule has 0 unspecified atom stereocenters. The zero-order valence-corrected chi connectivity index (χ0v) is 11.6. The summed E-state index contributed by atoms with van der Waals surface area (Å²) < 4.78 is 2.97. The van der Waals surface area contributed by atoms with Crippen molar-refractivity contribution in [3.05, 3.63) is 46.2 Å². The second-order valence-corrected chi connectivity index (χ2v) is 5.61. The van der Waals surface area contributed by atoms with Gasteiger partial charge in [0.2, 0.25) is 0 Å². The van der Waals surface area contributed by atoms with E-state index >= 15 is 0 Å². The van der Waals surface area contributed by atoms with Crippen LogP contribution in [0.4, 0.5) is 0 Å². The molecule has 0 radical (unpaired) electrons. The first kappa shape index (κ1) is 11.9. The molecule has 2 aromatic rings. The average molecular weight is 307 g/mol. The number of benzene rings is 1. The highest BCUT2D eigenvalue weighted by Crippen LogP contribution is 2.19. The van der Waals surface area contributed by atoms with Crippen molar-refractivity contribution in [3.8, 4) is 0 Å². The summed E-state index contributed by atoms with van der Waals surface area (Å²) in [4.78, 5) is 0. The van der Waals surface area contributed by atoms with Crippen molar-refractivity contribution >= 4 is 15.9 Å². The van der Waals surface area contributed by atoms with Crippen molar-refractivity contribution in [1.82, 2.24) is 20.3 Å². The highest BCUT2D eigenvalue weighted by Gasteiger charge is 2.20. The molecule has 1 saturated carbocycles. The quantitative estimate of drug-likeness (QED) is 0.922. The van der Waals surface area contributed by atoms with E-state index in [9.17, 15) is 0 Å². The monoisotopic (exact) mass is 306 g/mol. The van der Waals surface area contributed by atoms with E-state index in [1.54, 1.807) is 0 Å². The maximum Gasteiger partial charge on any atom is 0.0965 e. The summed E-state index contributed by atoms with van der Waals surface area (Å²) in [5.74, 6) is 0. The molecule has 1 aromatic carbocycles. The standard InChI is InChI=1S/C13H15BrN4/c14-11-3-1-2-10(6-11)8-18-9-13(16-17-18)7-15-12-4-5-12/h1-3,6,9,12,15H,4-5,7-8H2. The van der Waals surface area contributed by atoms with E-state index in [0.717, 1.165) is 23.3 Å². The molecule has 94 valence electrons. The van der Waals surface area contributed by atoms with Crippen molar-refractivity contribution in [2.45, 2.75) is 32.0 Å². The summed E-state index contributed by atoms with van der Waals surface area (Å²) in [5.41, 5.74) is 2.23. The predicted octanol–water partition coefficient (Wildman–Crippen LogP) is 2.34. The van der Waals surface area contributed by atoms with E-state index in [-0.39, 0.29) is 0 Å². The second kappa shape index (κ2) is 5.20. The normalized spacial score (nSPS) is 14.9. The Morgan fingerprint density at radius 1 is 1.39 bits per heavy atom. The van der Waals surface area contributed by atoms with Crippen LogP contribution in [-0.4, -0.2) is 21.0 Å². The third-order valence-corrected chi connectivity index (χ3v) is 3.46. The number of hydrogen-bond acceptors (Lipinski definition) is 3. The van der Waals surface area contributed by atoms with Gasteiger partial charge in [0.15, 0.2) is 0 Å². The van der Waals surface area contributed by atoms with Gasteiger partial charge in [0, 0.05) is 17.1 Å². The molecular formula is C13H15BrN4. The molecular weight excluding hydrogens is 292 g/mol. The summed E-state index contributed by atoms with van der Waals surface area (Å²) in [7, 11) is 0. The summed E-state index contributed by atoms with van der Waals surface area (Å²) in [6.45, 7) is 1.58. The Bertz CT molecular complexity index is 533. The molecule has 0 bridgehead atoms. The van der Waals surface area contributed by atoms with Gasteiger partial charge in [-0.05, 0) is 30.5 Å². The van der Waals surface area contributed by atoms with Crippen LogP contribution in [0.5, 0.6) is 0 Å². The lowest BCUT2D eigenvalue weighted by Crippen LogP contribution is -2.15. The Balaban J connectivity index is 1.61. The first-order valence-corrected chi connectivity index (χ1v) is 6.96. The summed E-state index contributed by atoms with van der Waals surface area (Å²) >= 11 is 3.47. The van der Waals surface area contributed by atoms with E-state index < -0.39 is 0 Å². The van der Waals surface area contributed by atoms with Crippen molar-refractivity contribution in [1.29, 1.82) is 0 Å². The fraction of sp³-hybridized carbons (Fsp3) is 0.385. The largest absolute Gasteiger partial charge is 0.308 e. The Morgan fingerprint density at radius 3 is 3.06 bits per heavy atom. The molecule has 1 aromatic heterocycles. The molecule has 0 saturated heterocycles. The Kier molecular flexibility index (Phi) is 3.43. The van der Waals surface area contributed by atoms with E-state index in [1.165, 1.54) is 18.4 Å². The van der Waals surface area contributed by atoms with E-state index in [4.69, 9.17) is 0 Å². The maximum atomic E-state index is 4.17. The number of aromatic nitrogens is 3. The predicted molar refractivity (Wildman–Crippen MR) is 73.1 cm³/mol. The van der Waals surface area contributed by atoms with E-state index in [0.29, 0.717) is 6.04 Å². The number of hydrogen-bond donors (Lipinski definition) is 1. The van der Waals surface area contributed by atoms with Gasteiger partial charge in [-0.25, -0.2) is 4.68 Å². The SMILES string of the molecule is Brc1cccc(Cn2cc(CNC3CC3)nn2)c1. The molecule has 0 amide bonds. The molecule has 1 aliphatic rings. The van der Waals surface area contributed by atoms with Gasteiger partial charge in [-0.15, -0.1) is 5.10 Å². The third-order valence-electron chi connectivity index (χ3n) is 2.97. The van der Waals surface area contributed by atoms with Gasteiger partial charge in [-0.1, -0.05) is 33.3 Å². The molecule has 1 heterocycles. The van der Waals surface area contributed by atoms with E-state index in [1.807, 2.05) is 23.0 Å². The van der Waals surface area contributed by atoms with Crippen LogP contribution >= 0.6 is 15.9 Å². The van der Waals surface area contributed by atoms with Gasteiger partial charge in [-0.2, -0.15) is 0 Å². The first-order valence-electron chi connectivity index (χ1n) is 6.16. The topological polar surface area (TPSA) is 42.7 Å². The van der Waals surface area contributed by atoms with Gasteiger partial charge in [0.05, 0.1) is 18.4 Å². The zero-order valence-electron chi connectivity index (χ0n) is 10.0. The Hall–Kier alpha value is -1.20. The van der Waals surface area contributed by atoms with Crippen molar-refractivity contribution in [3.63, 3.8) is 0 Å². The molecule has 1 fully saturated rings. The van der Waals surface area contributed by atoms with Crippen molar-refractivity contribution < 1.29 is 0 Å². The van der Waals surface area contributed by atoms with Gasteiger partial charge < -0.3 is 5.32 Å². The second-order valence-electron chi connectivity index (χ2n) is 4.69. The van der Waals surface area contributed by atoms with Gasteiger partial charge in [-0.3, -0.25) is 0 Å². The average Bonchev–Trinajstić information content (AvgIpc) is 3.08. The van der Waals surface area contributed by atoms with Crippen LogP contribution in [0, 0.1) is 0 Å². The minimum Gasteiger partial charge on any atom is -0.308 e. The molecule has 0 atom stereocenters. The van der Waals surface area contributed by atoms with Crippen LogP contribution in [0.3, 0.4) is 0 Å². The Labute approximate surface area is 115 Å². The first-order chi connectivity index (χ1) is 8.79. The highest BCUT2D eigenvalue weighted by molar-refractivity contribution is 9.10. The molecule has 1 aliphatic carbocycles. The number of nitrogens with zero attached hydrogens (tertiary/aromatic N) is 3. The zero-order chi connectivity index (χ0) is 12.4. The van der Waals surface area contributed by atoms with E-state index in [2.05, 4.69) is 43.7 Å². The maximum absolute atomic E-state index is 4.17. The van der Waals surface area contributed by atoms with Crippen molar-refractivity contribution in [2.75, 3.05) is 0 Å². The lowest BCUT2D eigenvalue weighted by molar-refractivity contribution is 0.646.